The number of nitrogens with zero attached hydrogens (tertiary/aromatic N) is 2. The van der Waals surface area contributed by atoms with Gasteiger partial charge in [-0.1, -0.05) is 6.07 Å². The van der Waals surface area contributed by atoms with Crippen LogP contribution in [0.4, 0.5) is 5.69 Å². The molecule has 0 radical (unpaired) electrons. The summed E-state index contributed by atoms with van der Waals surface area (Å²) in [6.07, 6.45) is 2.12. The first-order valence-corrected chi connectivity index (χ1v) is 6.23. The Hall–Kier alpha value is -1.84. The first-order valence-electron chi connectivity index (χ1n) is 6.23. The van der Waals surface area contributed by atoms with Gasteiger partial charge in [-0.05, 0) is 25.5 Å². The maximum Gasteiger partial charge on any atom is 0.312 e. The number of piperidine rings is 1. The monoisotopic (exact) mass is 297 g/mol. The van der Waals surface area contributed by atoms with Crippen LogP contribution in [-0.2, 0) is 0 Å². The van der Waals surface area contributed by atoms with Crippen LogP contribution in [0, 0.1) is 27.4 Å². The fourth-order valence-electron chi connectivity index (χ4n) is 2.18. The summed E-state index contributed by atoms with van der Waals surface area (Å²) in [5.41, 5.74) is 0.0563. The van der Waals surface area contributed by atoms with Crippen LogP contribution in [0.5, 0.6) is 5.75 Å². The minimum Gasteiger partial charge on any atom is -0.486 e. The summed E-state index contributed by atoms with van der Waals surface area (Å²) in [7, 11) is 0. The molecule has 7 heteroatoms. The van der Waals surface area contributed by atoms with Crippen LogP contribution in [0.3, 0.4) is 0 Å². The van der Waals surface area contributed by atoms with Crippen molar-refractivity contribution in [1.82, 2.24) is 5.32 Å². The van der Waals surface area contributed by atoms with Crippen LogP contribution in [-0.4, -0.2) is 24.6 Å². The van der Waals surface area contributed by atoms with Crippen LogP contribution in [0.1, 0.15) is 18.4 Å². The summed E-state index contributed by atoms with van der Waals surface area (Å²) in [4.78, 5) is 10.4. The van der Waals surface area contributed by atoms with Gasteiger partial charge in [-0.25, -0.2) is 0 Å². The van der Waals surface area contributed by atoms with E-state index in [1.165, 1.54) is 18.2 Å². The lowest BCUT2D eigenvalue weighted by atomic mass is 10.0. The molecule has 0 aliphatic carbocycles. The van der Waals surface area contributed by atoms with Crippen LogP contribution in [0.15, 0.2) is 18.2 Å². The zero-order valence-electron chi connectivity index (χ0n) is 10.9. The van der Waals surface area contributed by atoms with Crippen molar-refractivity contribution in [2.45, 2.75) is 12.8 Å². The van der Waals surface area contributed by atoms with E-state index in [2.05, 4.69) is 5.32 Å². The molecule has 0 amide bonds. The maximum atomic E-state index is 10.9. The molecule has 108 valence electrons. The topological polar surface area (TPSA) is 88.2 Å². The number of benzene rings is 1. The Morgan fingerprint density at radius 3 is 2.95 bits per heavy atom. The minimum absolute atomic E-state index is 0. The van der Waals surface area contributed by atoms with Gasteiger partial charge < -0.3 is 10.1 Å². The van der Waals surface area contributed by atoms with E-state index in [-0.39, 0.29) is 29.4 Å². The van der Waals surface area contributed by atoms with Crippen LogP contribution in [0.25, 0.3) is 0 Å². The third kappa shape index (κ3) is 3.83. The molecular weight excluding hydrogens is 282 g/mol. The number of halogens is 1. The maximum absolute atomic E-state index is 10.9. The van der Waals surface area contributed by atoms with Crippen LogP contribution < -0.4 is 10.1 Å². The Balaban J connectivity index is 0.00000200. The number of para-hydroxylation sites is 1. The molecule has 1 N–H and O–H groups in total. The third-order valence-electron chi connectivity index (χ3n) is 3.17. The highest BCUT2D eigenvalue weighted by atomic mass is 35.5. The first kappa shape index (κ1) is 16.2. The molecule has 0 saturated carbocycles. The summed E-state index contributed by atoms with van der Waals surface area (Å²) in [6, 6.07) is 6.31. The van der Waals surface area contributed by atoms with E-state index in [0.717, 1.165) is 25.9 Å². The second-order valence-electron chi connectivity index (χ2n) is 4.55. The average Bonchev–Trinajstić information content (AvgIpc) is 2.45. The molecule has 6 nitrogen and oxygen atoms in total. The number of nitrogens with one attached hydrogen (secondary N) is 1. The first-order chi connectivity index (χ1) is 9.22. The van der Waals surface area contributed by atoms with Gasteiger partial charge in [-0.2, -0.15) is 5.26 Å². The highest BCUT2D eigenvalue weighted by molar-refractivity contribution is 5.85. The Morgan fingerprint density at radius 2 is 2.35 bits per heavy atom. The lowest BCUT2D eigenvalue weighted by molar-refractivity contribution is -0.385. The largest absolute Gasteiger partial charge is 0.486 e. The van der Waals surface area contributed by atoms with E-state index in [1.807, 2.05) is 6.07 Å². The van der Waals surface area contributed by atoms with E-state index in [9.17, 15) is 10.1 Å². The van der Waals surface area contributed by atoms with Crippen LogP contribution >= 0.6 is 12.4 Å². The third-order valence-corrected chi connectivity index (χ3v) is 3.17. The fraction of sp³-hybridized carbons (Fsp3) is 0.462. The molecule has 0 spiro atoms. The number of nitro benzene ring substituents is 1. The van der Waals surface area contributed by atoms with Gasteiger partial charge in [-0.15, -0.1) is 12.4 Å². The number of rotatable bonds is 4. The van der Waals surface area contributed by atoms with E-state index in [0.29, 0.717) is 12.5 Å². The average molecular weight is 298 g/mol. The molecule has 1 atom stereocenters. The minimum atomic E-state index is -0.519. The highest BCUT2D eigenvalue weighted by Crippen LogP contribution is 2.31. The number of hydrogen-bond acceptors (Lipinski definition) is 5. The Bertz CT molecular complexity index is 510. The smallest absolute Gasteiger partial charge is 0.312 e. The predicted molar refractivity (Wildman–Crippen MR) is 76.1 cm³/mol. The summed E-state index contributed by atoms with van der Waals surface area (Å²) in [6.45, 7) is 2.25. The van der Waals surface area contributed by atoms with Gasteiger partial charge in [0.1, 0.15) is 11.6 Å². The van der Waals surface area contributed by atoms with Crippen molar-refractivity contribution < 1.29 is 9.66 Å². The van der Waals surface area contributed by atoms with E-state index >= 15 is 0 Å². The van der Waals surface area contributed by atoms with E-state index in [1.54, 1.807) is 0 Å². The van der Waals surface area contributed by atoms with Gasteiger partial charge in [0.05, 0.1) is 11.5 Å². The van der Waals surface area contributed by atoms with Crippen molar-refractivity contribution in [2.24, 2.45) is 5.92 Å². The molecule has 0 bridgehead atoms. The van der Waals surface area contributed by atoms with Crippen molar-refractivity contribution in [2.75, 3.05) is 19.7 Å². The fourth-order valence-corrected chi connectivity index (χ4v) is 2.18. The molecule has 1 saturated heterocycles. The molecular formula is C13H16ClN3O3. The molecule has 1 aromatic rings. The van der Waals surface area contributed by atoms with Gasteiger partial charge in [0.2, 0.25) is 5.75 Å². The molecule has 1 heterocycles. The van der Waals surface area contributed by atoms with Gasteiger partial charge in [0, 0.05) is 18.5 Å². The zero-order chi connectivity index (χ0) is 13.7. The number of hydrogen-bond donors (Lipinski definition) is 1. The van der Waals surface area contributed by atoms with Gasteiger partial charge >= 0.3 is 5.69 Å². The number of nitriles is 1. The molecule has 0 aromatic heterocycles. The van der Waals surface area contributed by atoms with Gasteiger partial charge in [0.25, 0.3) is 0 Å². The molecule has 2 rings (SSSR count). The molecule has 20 heavy (non-hydrogen) atoms. The molecule has 1 aromatic carbocycles. The molecule has 1 unspecified atom stereocenters. The Labute approximate surface area is 123 Å². The quantitative estimate of drug-likeness (QED) is 0.680. The van der Waals surface area contributed by atoms with E-state index in [4.69, 9.17) is 10.00 Å². The molecule has 1 fully saturated rings. The lowest BCUT2D eigenvalue weighted by Gasteiger charge is -2.22. The lowest BCUT2D eigenvalue weighted by Crippen LogP contribution is -2.33. The summed E-state index contributed by atoms with van der Waals surface area (Å²) >= 11 is 0. The highest BCUT2D eigenvalue weighted by Gasteiger charge is 2.21. The SMILES string of the molecule is Cl.N#Cc1cccc([N+](=O)[O-])c1OCC1CCCNC1. The Morgan fingerprint density at radius 1 is 1.55 bits per heavy atom. The molecule has 1 aliphatic heterocycles. The zero-order valence-corrected chi connectivity index (χ0v) is 11.7. The number of nitro groups is 1. The Kier molecular flexibility index (Phi) is 6.22. The van der Waals surface area contributed by atoms with Gasteiger partial charge in [0.15, 0.2) is 0 Å². The van der Waals surface area contributed by atoms with Crippen molar-refractivity contribution in [3.05, 3.63) is 33.9 Å². The van der Waals surface area contributed by atoms with Crippen molar-refractivity contribution >= 4 is 18.1 Å². The van der Waals surface area contributed by atoms with Crippen LogP contribution in [0.2, 0.25) is 0 Å². The summed E-state index contributed by atoms with van der Waals surface area (Å²) in [5.74, 6) is 0.417. The van der Waals surface area contributed by atoms with Crippen molar-refractivity contribution in [3.8, 4) is 11.8 Å². The second-order valence-corrected chi connectivity index (χ2v) is 4.55. The van der Waals surface area contributed by atoms with Crippen molar-refractivity contribution in [1.29, 1.82) is 5.26 Å². The predicted octanol–water partition coefficient (Wildman–Crippen LogP) is 2.27. The standard InChI is InChI=1S/C13H15N3O3.ClH/c14-7-11-4-1-5-12(16(17)18)13(11)19-9-10-3-2-6-15-8-10;/h1,4-5,10,15H,2-3,6,8-9H2;1H. The number of ether oxygens (including phenoxy) is 1. The van der Waals surface area contributed by atoms with Gasteiger partial charge in [-0.3, -0.25) is 10.1 Å². The summed E-state index contributed by atoms with van der Waals surface area (Å²) in [5, 5.41) is 23.2. The van der Waals surface area contributed by atoms with Crippen molar-refractivity contribution in [3.63, 3.8) is 0 Å². The second kappa shape index (κ2) is 7.68. The van der Waals surface area contributed by atoms with E-state index < -0.39 is 4.92 Å². The molecule has 1 aliphatic rings. The normalized spacial score (nSPS) is 17.6. The summed E-state index contributed by atoms with van der Waals surface area (Å²) < 4.78 is 5.56.